The molecule has 0 saturated carbocycles. The van der Waals surface area contributed by atoms with E-state index in [4.69, 9.17) is 11.6 Å². The average molecular weight is 235 g/mol. The van der Waals surface area contributed by atoms with Gasteiger partial charge in [-0.25, -0.2) is 4.68 Å². The summed E-state index contributed by atoms with van der Waals surface area (Å²) in [5, 5.41) is 9.68. The number of fused-ring (bicyclic) bond motifs is 3. The minimum absolute atomic E-state index is 0.181. The van der Waals surface area contributed by atoms with Crippen LogP contribution in [0.5, 0.6) is 0 Å². The maximum absolute atomic E-state index is 11.7. The minimum atomic E-state index is -0.181. The van der Waals surface area contributed by atoms with Crippen LogP contribution < -0.4 is 5.56 Å². The molecule has 0 aliphatic heterocycles. The van der Waals surface area contributed by atoms with Gasteiger partial charge < -0.3 is 4.98 Å². The predicted molar refractivity (Wildman–Crippen MR) is 61.6 cm³/mol. The Morgan fingerprint density at radius 2 is 2.19 bits per heavy atom. The number of nitrogens with one attached hydrogen (secondary N) is 1. The highest BCUT2D eigenvalue weighted by Crippen LogP contribution is 2.22. The molecular weight excluding hydrogens is 228 g/mol. The molecule has 16 heavy (non-hydrogen) atoms. The molecule has 80 valence electrons. The lowest BCUT2D eigenvalue weighted by Gasteiger charge is -2.00. The molecule has 2 heterocycles. The Kier molecular flexibility index (Phi) is 1.79. The highest BCUT2D eigenvalue weighted by atomic mass is 35.5. The van der Waals surface area contributed by atoms with Crippen LogP contribution in [-0.4, -0.2) is 20.0 Å². The van der Waals surface area contributed by atoms with Gasteiger partial charge in [0.25, 0.3) is 5.56 Å². The molecule has 3 aromatic rings. The second-order valence-corrected chi connectivity index (χ2v) is 3.99. The van der Waals surface area contributed by atoms with E-state index in [1.807, 2.05) is 0 Å². The molecule has 0 saturated heterocycles. The predicted octanol–water partition coefficient (Wildman–Crippen LogP) is 1.46. The van der Waals surface area contributed by atoms with Gasteiger partial charge in [-0.2, -0.15) is 0 Å². The van der Waals surface area contributed by atoms with E-state index in [1.54, 1.807) is 29.9 Å². The first-order chi connectivity index (χ1) is 7.66. The number of aryl methyl sites for hydroxylation is 1. The topological polar surface area (TPSA) is 63.6 Å². The summed E-state index contributed by atoms with van der Waals surface area (Å²) in [4.78, 5) is 14.4. The summed E-state index contributed by atoms with van der Waals surface area (Å²) in [6.07, 6.45) is 0. The Hall–Kier alpha value is -1.88. The van der Waals surface area contributed by atoms with Crippen molar-refractivity contribution in [3.05, 3.63) is 33.6 Å². The van der Waals surface area contributed by atoms with Crippen LogP contribution >= 0.6 is 11.6 Å². The van der Waals surface area contributed by atoms with Gasteiger partial charge in [-0.15, -0.1) is 5.10 Å². The van der Waals surface area contributed by atoms with Gasteiger partial charge in [0.1, 0.15) is 5.52 Å². The summed E-state index contributed by atoms with van der Waals surface area (Å²) in [6, 6.07) is 5.13. The van der Waals surface area contributed by atoms with E-state index in [0.717, 1.165) is 10.9 Å². The lowest BCUT2D eigenvalue weighted by molar-refractivity contribution is 0.737. The van der Waals surface area contributed by atoms with Crippen molar-refractivity contribution >= 4 is 33.5 Å². The number of hydrogen-bond donors (Lipinski definition) is 1. The van der Waals surface area contributed by atoms with Crippen molar-refractivity contribution in [2.75, 3.05) is 0 Å². The monoisotopic (exact) mass is 234 g/mol. The molecule has 0 bridgehead atoms. The molecule has 6 heteroatoms. The third-order valence-corrected chi connectivity index (χ3v) is 2.78. The fourth-order valence-corrected chi connectivity index (χ4v) is 2.00. The van der Waals surface area contributed by atoms with Gasteiger partial charge in [0, 0.05) is 22.8 Å². The van der Waals surface area contributed by atoms with Crippen LogP contribution in [0, 0.1) is 0 Å². The minimum Gasteiger partial charge on any atom is -0.303 e. The summed E-state index contributed by atoms with van der Waals surface area (Å²) in [5.41, 5.74) is 1.07. The van der Waals surface area contributed by atoms with Crippen molar-refractivity contribution in [1.29, 1.82) is 0 Å². The zero-order valence-electron chi connectivity index (χ0n) is 8.36. The molecule has 0 radical (unpaired) electrons. The van der Waals surface area contributed by atoms with E-state index < -0.39 is 0 Å². The molecule has 0 atom stereocenters. The smallest absolute Gasteiger partial charge is 0.257 e. The second kappa shape index (κ2) is 3.05. The normalized spacial score (nSPS) is 11.4. The molecule has 0 fully saturated rings. The molecule has 1 N–H and O–H groups in total. The number of H-pyrrole nitrogens is 1. The Labute approximate surface area is 94.6 Å². The fourth-order valence-electron chi connectivity index (χ4n) is 1.83. The van der Waals surface area contributed by atoms with Crippen molar-refractivity contribution in [2.24, 2.45) is 7.05 Å². The van der Waals surface area contributed by atoms with Crippen LogP contribution in [0.4, 0.5) is 0 Å². The Balaban J connectivity index is 2.70. The number of aromatic amines is 1. The van der Waals surface area contributed by atoms with E-state index in [0.29, 0.717) is 16.1 Å². The Bertz CT molecular complexity index is 758. The molecule has 0 aliphatic carbocycles. The van der Waals surface area contributed by atoms with Gasteiger partial charge in [-0.1, -0.05) is 16.8 Å². The zero-order chi connectivity index (χ0) is 11.3. The van der Waals surface area contributed by atoms with Crippen molar-refractivity contribution < 1.29 is 0 Å². The van der Waals surface area contributed by atoms with E-state index >= 15 is 0 Å². The van der Waals surface area contributed by atoms with E-state index in [9.17, 15) is 4.79 Å². The van der Waals surface area contributed by atoms with E-state index in [-0.39, 0.29) is 5.56 Å². The first-order valence-corrected chi connectivity index (χ1v) is 5.05. The number of halogens is 1. The second-order valence-electron chi connectivity index (χ2n) is 3.55. The number of rotatable bonds is 0. The van der Waals surface area contributed by atoms with E-state index in [2.05, 4.69) is 15.3 Å². The molecule has 0 spiro atoms. The molecule has 5 nitrogen and oxygen atoms in total. The number of hydrogen-bond acceptors (Lipinski definition) is 3. The quantitative estimate of drug-likeness (QED) is 0.641. The van der Waals surface area contributed by atoms with Gasteiger partial charge in [0.15, 0.2) is 5.65 Å². The van der Waals surface area contributed by atoms with Crippen molar-refractivity contribution in [2.45, 2.75) is 0 Å². The number of aromatic nitrogens is 4. The van der Waals surface area contributed by atoms with Crippen LogP contribution in [0.1, 0.15) is 0 Å². The van der Waals surface area contributed by atoms with Crippen LogP contribution in [0.25, 0.3) is 21.9 Å². The zero-order valence-corrected chi connectivity index (χ0v) is 9.12. The van der Waals surface area contributed by atoms with Crippen LogP contribution in [0.3, 0.4) is 0 Å². The SMILES string of the molecule is Cn1nnc2[nH]c(=O)c3ccc(Cl)cc3c21. The fraction of sp³-hybridized carbons (Fsp3) is 0.100. The Morgan fingerprint density at radius 1 is 1.38 bits per heavy atom. The van der Waals surface area contributed by atoms with Gasteiger partial charge in [0.2, 0.25) is 0 Å². The largest absolute Gasteiger partial charge is 0.303 e. The lowest BCUT2D eigenvalue weighted by Crippen LogP contribution is -2.06. The maximum atomic E-state index is 11.7. The first kappa shape index (κ1) is 9.35. The van der Waals surface area contributed by atoms with E-state index in [1.165, 1.54) is 0 Å². The third kappa shape index (κ3) is 1.15. The summed E-state index contributed by atoms with van der Waals surface area (Å²) < 4.78 is 1.62. The molecule has 1 aromatic carbocycles. The third-order valence-electron chi connectivity index (χ3n) is 2.54. The molecular formula is C10H7ClN4O. The van der Waals surface area contributed by atoms with Crippen molar-refractivity contribution in [1.82, 2.24) is 20.0 Å². The van der Waals surface area contributed by atoms with Crippen LogP contribution in [-0.2, 0) is 7.05 Å². The van der Waals surface area contributed by atoms with Gasteiger partial charge >= 0.3 is 0 Å². The van der Waals surface area contributed by atoms with Crippen LogP contribution in [0.2, 0.25) is 5.02 Å². The highest BCUT2D eigenvalue weighted by molar-refractivity contribution is 6.31. The molecule has 0 aliphatic rings. The van der Waals surface area contributed by atoms with Crippen LogP contribution in [0.15, 0.2) is 23.0 Å². The van der Waals surface area contributed by atoms with Gasteiger partial charge in [0.05, 0.1) is 0 Å². The molecule has 2 aromatic heterocycles. The van der Waals surface area contributed by atoms with Gasteiger partial charge in [-0.3, -0.25) is 4.79 Å². The maximum Gasteiger partial charge on any atom is 0.257 e. The van der Waals surface area contributed by atoms with Gasteiger partial charge in [-0.05, 0) is 18.2 Å². The molecule has 0 amide bonds. The van der Waals surface area contributed by atoms with Crippen molar-refractivity contribution in [3.63, 3.8) is 0 Å². The molecule has 0 unspecified atom stereocenters. The summed E-state index contributed by atoms with van der Waals surface area (Å²) >= 11 is 5.93. The Morgan fingerprint density at radius 3 is 3.00 bits per heavy atom. The first-order valence-electron chi connectivity index (χ1n) is 4.68. The molecule has 3 rings (SSSR count). The van der Waals surface area contributed by atoms with Crippen molar-refractivity contribution in [3.8, 4) is 0 Å². The number of nitrogens with zero attached hydrogens (tertiary/aromatic N) is 3. The lowest BCUT2D eigenvalue weighted by atomic mass is 10.1. The summed E-state index contributed by atoms with van der Waals surface area (Å²) in [5.74, 6) is 0. The number of pyridine rings is 1. The highest BCUT2D eigenvalue weighted by Gasteiger charge is 2.10. The average Bonchev–Trinajstić information content (AvgIpc) is 2.60. The standard InChI is InChI=1S/C10H7ClN4O/c1-15-8-7-4-5(11)2-3-6(7)10(16)12-9(8)13-14-15/h2-4H,1H3,(H,12,16). The summed E-state index contributed by atoms with van der Waals surface area (Å²) in [7, 11) is 1.77. The summed E-state index contributed by atoms with van der Waals surface area (Å²) in [6.45, 7) is 0. The number of benzene rings is 1.